The second kappa shape index (κ2) is 5.58. The van der Waals surface area contributed by atoms with Gasteiger partial charge in [-0.25, -0.2) is 0 Å². The minimum atomic E-state index is 0.789. The topological polar surface area (TPSA) is 43.1 Å². The summed E-state index contributed by atoms with van der Waals surface area (Å²) in [5, 5.41) is 18.8. The minimum Gasteiger partial charge on any atom is -0.186 e. The highest BCUT2D eigenvalue weighted by molar-refractivity contribution is 7.99. The SMILES string of the molecule is c1csc(C2=Nn3c(nnc3-c3ccc4ccccc4c3)SC2)c1. The zero-order valence-corrected chi connectivity index (χ0v) is 14.2. The van der Waals surface area contributed by atoms with Crippen LogP contribution in [0.1, 0.15) is 4.88 Å². The average molecular weight is 348 g/mol. The van der Waals surface area contributed by atoms with Crippen LogP contribution in [0.3, 0.4) is 0 Å². The Kier molecular flexibility index (Phi) is 3.24. The highest BCUT2D eigenvalue weighted by atomic mass is 32.2. The molecule has 0 unspecified atom stereocenters. The van der Waals surface area contributed by atoms with Crippen molar-refractivity contribution >= 4 is 39.6 Å². The van der Waals surface area contributed by atoms with Crippen molar-refractivity contribution in [1.29, 1.82) is 0 Å². The van der Waals surface area contributed by atoms with E-state index in [0.717, 1.165) is 28.0 Å². The summed E-state index contributed by atoms with van der Waals surface area (Å²) < 4.78 is 1.87. The summed E-state index contributed by atoms with van der Waals surface area (Å²) in [6.45, 7) is 0. The van der Waals surface area contributed by atoms with Crippen LogP contribution in [-0.4, -0.2) is 26.3 Å². The molecule has 24 heavy (non-hydrogen) atoms. The van der Waals surface area contributed by atoms with Gasteiger partial charge in [-0.2, -0.15) is 9.78 Å². The number of thioether (sulfide) groups is 1. The Hall–Kier alpha value is -2.44. The summed E-state index contributed by atoms with van der Waals surface area (Å²) in [6, 6.07) is 18.8. The molecular weight excluding hydrogens is 336 g/mol. The Morgan fingerprint density at radius 1 is 0.917 bits per heavy atom. The summed E-state index contributed by atoms with van der Waals surface area (Å²) in [7, 11) is 0. The molecule has 5 rings (SSSR count). The van der Waals surface area contributed by atoms with Crippen LogP contribution < -0.4 is 0 Å². The van der Waals surface area contributed by atoms with Crippen LogP contribution in [0, 0.1) is 0 Å². The predicted octanol–water partition coefficient (Wildman–Crippen LogP) is 4.52. The lowest BCUT2D eigenvalue weighted by atomic mass is 10.1. The van der Waals surface area contributed by atoms with Crippen LogP contribution in [0.2, 0.25) is 0 Å². The maximum absolute atomic E-state index is 4.80. The van der Waals surface area contributed by atoms with E-state index in [1.807, 2.05) is 10.7 Å². The van der Waals surface area contributed by atoms with Crippen molar-refractivity contribution in [3.8, 4) is 11.4 Å². The molecule has 2 aromatic carbocycles. The summed E-state index contributed by atoms with van der Waals surface area (Å²) >= 11 is 3.39. The molecule has 0 amide bonds. The Morgan fingerprint density at radius 2 is 1.83 bits per heavy atom. The van der Waals surface area contributed by atoms with Gasteiger partial charge in [0.1, 0.15) is 0 Å². The van der Waals surface area contributed by atoms with Gasteiger partial charge in [-0.3, -0.25) is 0 Å². The van der Waals surface area contributed by atoms with E-state index in [2.05, 4.69) is 64.1 Å². The lowest BCUT2D eigenvalue weighted by Gasteiger charge is -2.12. The van der Waals surface area contributed by atoms with E-state index in [1.54, 1.807) is 23.1 Å². The first kappa shape index (κ1) is 13.9. The fraction of sp³-hybridized carbons (Fsp3) is 0.0556. The summed E-state index contributed by atoms with van der Waals surface area (Å²) in [4.78, 5) is 1.20. The molecule has 4 aromatic rings. The van der Waals surface area contributed by atoms with Crippen molar-refractivity contribution in [3.05, 3.63) is 64.9 Å². The van der Waals surface area contributed by atoms with E-state index in [4.69, 9.17) is 5.10 Å². The van der Waals surface area contributed by atoms with Gasteiger partial charge in [-0.1, -0.05) is 54.2 Å². The highest BCUT2D eigenvalue weighted by Gasteiger charge is 2.21. The zero-order chi connectivity index (χ0) is 15.9. The molecule has 0 aliphatic carbocycles. The molecule has 0 saturated carbocycles. The second-order valence-corrected chi connectivity index (χ2v) is 7.38. The number of aromatic nitrogens is 3. The molecule has 3 heterocycles. The van der Waals surface area contributed by atoms with Gasteiger partial charge >= 0.3 is 0 Å². The Balaban J connectivity index is 1.64. The van der Waals surface area contributed by atoms with Crippen LogP contribution in [0.5, 0.6) is 0 Å². The van der Waals surface area contributed by atoms with Crippen LogP contribution in [0.4, 0.5) is 0 Å². The van der Waals surface area contributed by atoms with Crippen molar-refractivity contribution in [3.63, 3.8) is 0 Å². The van der Waals surface area contributed by atoms with Gasteiger partial charge in [0.2, 0.25) is 5.16 Å². The number of thiophene rings is 1. The van der Waals surface area contributed by atoms with Crippen molar-refractivity contribution in [2.24, 2.45) is 5.10 Å². The monoisotopic (exact) mass is 348 g/mol. The third-order valence-corrected chi connectivity index (χ3v) is 5.83. The smallest absolute Gasteiger partial charge is 0.186 e. The average Bonchev–Trinajstić information content (AvgIpc) is 3.30. The second-order valence-electron chi connectivity index (χ2n) is 5.49. The number of benzene rings is 2. The molecule has 0 spiro atoms. The fourth-order valence-electron chi connectivity index (χ4n) is 2.80. The number of fused-ring (bicyclic) bond motifs is 2. The molecular formula is C18H12N4S2. The van der Waals surface area contributed by atoms with Gasteiger partial charge in [-0.15, -0.1) is 21.5 Å². The van der Waals surface area contributed by atoms with Gasteiger partial charge < -0.3 is 0 Å². The summed E-state index contributed by atoms with van der Waals surface area (Å²) in [5.41, 5.74) is 2.11. The maximum atomic E-state index is 4.80. The summed E-state index contributed by atoms with van der Waals surface area (Å²) in [5.74, 6) is 1.62. The number of rotatable bonds is 2. The molecule has 6 heteroatoms. The molecule has 2 aromatic heterocycles. The lowest BCUT2D eigenvalue weighted by molar-refractivity contribution is 0.763. The third-order valence-electron chi connectivity index (χ3n) is 3.98. The van der Waals surface area contributed by atoms with Crippen molar-refractivity contribution in [2.75, 3.05) is 5.75 Å². The van der Waals surface area contributed by atoms with Gasteiger partial charge in [0.05, 0.1) is 10.6 Å². The van der Waals surface area contributed by atoms with Crippen LogP contribution in [-0.2, 0) is 0 Å². The number of hydrogen-bond acceptors (Lipinski definition) is 5. The van der Waals surface area contributed by atoms with Gasteiger partial charge in [0.15, 0.2) is 5.82 Å². The standard InChI is InChI=1S/C18H12N4S2/c1-2-5-13-10-14(8-7-12(13)4-1)17-19-20-18-22(17)21-15(11-24-18)16-6-3-9-23-16/h1-10H,11H2. The zero-order valence-electron chi connectivity index (χ0n) is 12.6. The van der Waals surface area contributed by atoms with Crippen molar-refractivity contribution < 1.29 is 0 Å². The number of nitrogens with zero attached hydrogens (tertiary/aromatic N) is 4. The highest BCUT2D eigenvalue weighted by Crippen LogP contribution is 2.30. The Labute approximate surface area is 146 Å². The van der Waals surface area contributed by atoms with Crippen LogP contribution in [0.25, 0.3) is 22.2 Å². The fourth-order valence-corrected chi connectivity index (χ4v) is 4.43. The molecule has 0 bridgehead atoms. The van der Waals surface area contributed by atoms with E-state index in [1.165, 1.54) is 15.6 Å². The minimum absolute atomic E-state index is 0.789. The first-order chi connectivity index (χ1) is 11.9. The Morgan fingerprint density at radius 3 is 2.71 bits per heavy atom. The largest absolute Gasteiger partial charge is 0.212 e. The first-order valence-corrected chi connectivity index (χ1v) is 9.44. The molecule has 116 valence electrons. The number of hydrogen-bond donors (Lipinski definition) is 0. The molecule has 1 aliphatic rings. The third kappa shape index (κ3) is 2.26. The predicted molar refractivity (Wildman–Crippen MR) is 99.9 cm³/mol. The van der Waals surface area contributed by atoms with Gasteiger partial charge in [0.25, 0.3) is 0 Å². The molecule has 0 N–H and O–H groups in total. The van der Waals surface area contributed by atoms with E-state index in [-0.39, 0.29) is 0 Å². The van der Waals surface area contributed by atoms with Crippen molar-refractivity contribution in [1.82, 2.24) is 14.9 Å². The molecule has 0 atom stereocenters. The molecule has 0 saturated heterocycles. The molecule has 4 nitrogen and oxygen atoms in total. The van der Waals surface area contributed by atoms with E-state index in [9.17, 15) is 0 Å². The maximum Gasteiger partial charge on any atom is 0.212 e. The molecule has 0 fully saturated rings. The lowest BCUT2D eigenvalue weighted by Crippen LogP contribution is -2.12. The van der Waals surface area contributed by atoms with Crippen LogP contribution in [0.15, 0.2) is 70.2 Å². The first-order valence-electron chi connectivity index (χ1n) is 7.57. The van der Waals surface area contributed by atoms with Gasteiger partial charge in [0, 0.05) is 11.3 Å². The molecule has 0 radical (unpaired) electrons. The Bertz CT molecular complexity index is 1060. The van der Waals surface area contributed by atoms with Crippen molar-refractivity contribution in [2.45, 2.75) is 5.16 Å². The van der Waals surface area contributed by atoms with E-state index in [0.29, 0.717) is 0 Å². The van der Waals surface area contributed by atoms with E-state index >= 15 is 0 Å². The van der Waals surface area contributed by atoms with E-state index < -0.39 is 0 Å². The quantitative estimate of drug-likeness (QED) is 0.535. The summed E-state index contributed by atoms with van der Waals surface area (Å²) in [6.07, 6.45) is 0. The van der Waals surface area contributed by atoms with Crippen LogP contribution >= 0.6 is 23.1 Å². The normalized spacial score (nSPS) is 13.8. The van der Waals surface area contributed by atoms with Gasteiger partial charge in [-0.05, 0) is 28.3 Å². The molecule has 1 aliphatic heterocycles.